The maximum absolute atomic E-state index is 14.0. The van der Waals surface area contributed by atoms with Crippen LogP contribution < -0.4 is 4.74 Å². The molecule has 0 heterocycles. The fourth-order valence-electron chi connectivity index (χ4n) is 2.46. The molecule has 1 saturated carbocycles. The molecule has 2 nitrogen and oxygen atoms in total. The van der Waals surface area contributed by atoms with Crippen molar-refractivity contribution in [3.8, 4) is 5.75 Å². The fraction of sp³-hybridized carbons (Fsp3) is 0.533. The smallest absolute Gasteiger partial charge is 0.200 e. The summed E-state index contributed by atoms with van der Waals surface area (Å²) in [4.78, 5) is 11.2. The zero-order chi connectivity index (χ0) is 14.5. The van der Waals surface area contributed by atoms with E-state index in [9.17, 15) is 18.0 Å². The van der Waals surface area contributed by atoms with Crippen molar-refractivity contribution in [2.45, 2.75) is 38.0 Å². The number of benzene rings is 1. The molecule has 2 rings (SSSR count). The Labute approximate surface area is 115 Å². The Bertz CT molecular complexity index is 478. The number of ketones is 1. The van der Waals surface area contributed by atoms with Gasteiger partial charge in [0, 0.05) is 19.3 Å². The van der Waals surface area contributed by atoms with Crippen molar-refractivity contribution in [3.63, 3.8) is 0 Å². The van der Waals surface area contributed by atoms with Crippen molar-refractivity contribution in [1.29, 1.82) is 0 Å². The van der Waals surface area contributed by atoms with Gasteiger partial charge < -0.3 is 4.74 Å². The summed E-state index contributed by atoms with van der Waals surface area (Å²) in [6, 6.07) is 2.88. The normalized spacial score (nSPS) is 16.4. The van der Waals surface area contributed by atoms with Crippen molar-refractivity contribution in [2.75, 3.05) is 13.3 Å². The van der Waals surface area contributed by atoms with E-state index in [1.54, 1.807) is 0 Å². The number of ether oxygens (including phenoxy) is 1. The van der Waals surface area contributed by atoms with Crippen molar-refractivity contribution in [2.24, 2.45) is 0 Å². The van der Waals surface area contributed by atoms with Gasteiger partial charge in [-0.15, -0.1) is 0 Å². The maximum Gasteiger partial charge on any atom is 0.200 e. The number of hydrogen-bond acceptors (Lipinski definition) is 2. The highest BCUT2D eigenvalue weighted by atomic mass is 19.2. The zero-order valence-corrected chi connectivity index (χ0v) is 11.1. The molecular weight excluding hydrogens is 269 g/mol. The first-order valence-corrected chi connectivity index (χ1v) is 6.82. The molecule has 110 valence electrons. The van der Waals surface area contributed by atoms with Crippen molar-refractivity contribution in [1.82, 2.24) is 0 Å². The van der Waals surface area contributed by atoms with Gasteiger partial charge in [0.05, 0.1) is 13.3 Å². The molecule has 0 bridgehead atoms. The Hall–Kier alpha value is -1.52. The SMILES string of the molecule is O=C1CCC(c2ccc(OCCCF)c(F)c2F)CC1. The largest absolute Gasteiger partial charge is 0.490 e. The van der Waals surface area contributed by atoms with Crippen LogP contribution in [0.5, 0.6) is 5.75 Å². The lowest BCUT2D eigenvalue weighted by Crippen LogP contribution is -2.14. The van der Waals surface area contributed by atoms with Crippen molar-refractivity contribution < 1.29 is 22.7 Å². The molecule has 0 spiro atoms. The Morgan fingerprint density at radius 3 is 2.50 bits per heavy atom. The summed E-state index contributed by atoms with van der Waals surface area (Å²) >= 11 is 0. The minimum atomic E-state index is -1.03. The summed E-state index contributed by atoms with van der Waals surface area (Å²) in [7, 11) is 0. The van der Waals surface area contributed by atoms with Crippen LogP contribution in [0.1, 0.15) is 43.6 Å². The standard InChI is InChI=1S/C15H17F3O2/c16-8-1-9-20-13-7-6-12(14(17)15(13)18)10-2-4-11(19)5-3-10/h6-7,10H,1-5,8-9H2. The van der Waals surface area contributed by atoms with Crippen LogP contribution >= 0.6 is 0 Å². The third-order valence-corrected chi connectivity index (χ3v) is 3.60. The molecule has 0 amide bonds. The predicted octanol–water partition coefficient (Wildman–Crippen LogP) is 3.93. The number of carbonyl (C=O) groups excluding carboxylic acids is 1. The summed E-state index contributed by atoms with van der Waals surface area (Å²) in [6.07, 6.45) is 2.09. The summed E-state index contributed by atoms with van der Waals surface area (Å²) < 4.78 is 44.8. The van der Waals surface area contributed by atoms with Gasteiger partial charge in [0.25, 0.3) is 0 Å². The second-order valence-corrected chi connectivity index (χ2v) is 4.98. The minimum Gasteiger partial charge on any atom is -0.490 e. The lowest BCUT2D eigenvalue weighted by Gasteiger charge is -2.22. The number of hydrogen-bond donors (Lipinski definition) is 0. The zero-order valence-electron chi connectivity index (χ0n) is 11.1. The molecule has 1 aromatic rings. The first kappa shape index (κ1) is 14.9. The highest BCUT2D eigenvalue weighted by molar-refractivity contribution is 5.79. The van der Waals surface area contributed by atoms with Crippen LogP contribution in [0.15, 0.2) is 12.1 Å². The third-order valence-electron chi connectivity index (χ3n) is 3.60. The molecule has 0 atom stereocenters. The molecule has 0 saturated heterocycles. The lowest BCUT2D eigenvalue weighted by atomic mass is 9.83. The lowest BCUT2D eigenvalue weighted by molar-refractivity contribution is -0.120. The van der Waals surface area contributed by atoms with E-state index in [1.165, 1.54) is 12.1 Å². The topological polar surface area (TPSA) is 26.3 Å². The van der Waals surface area contributed by atoms with Crippen LogP contribution in [0.3, 0.4) is 0 Å². The van der Waals surface area contributed by atoms with Gasteiger partial charge in [0.1, 0.15) is 5.78 Å². The number of rotatable bonds is 5. The van der Waals surface area contributed by atoms with Gasteiger partial charge in [-0.1, -0.05) is 6.07 Å². The van der Waals surface area contributed by atoms with Crippen LogP contribution in [-0.2, 0) is 4.79 Å². The number of Topliss-reactive ketones (excluding diaryl/α,β-unsaturated/α-hetero) is 1. The second kappa shape index (κ2) is 6.77. The van der Waals surface area contributed by atoms with Crippen LogP contribution in [0.4, 0.5) is 13.2 Å². The van der Waals surface area contributed by atoms with Gasteiger partial charge in [-0.2, -0.15) is 4.39 Å². The second-order valence-electron chi connectivity index (χ2n) is 4.98. The molecule has 0 aliphatic heterocycles. The van der Waals surface area contributed by atoms with E-state index in [1.807, 2.05) is 0 Å². The van der Waals surface area contributed by atoms with E-state index < -0.39 is 18.3 Å². The van der Waals surface area contributed by atoms with E-state index in [2.05, 4.69) is 0 Å². The van der Waals surface area contributed by atoms with Crippen LogP contribution in [0.25, 0.3) is 0 Å². The van der Waals surface area contributed by atoms with Crippen molar-refractivity contribution >= 4 is 5.78 Å². The Morgan fingerprint density at radius 1 is 1.15 bits per heavy atom. The van der Waals surface area contributed by atoms with Crippen LogP contribution in [0.2, 0.25) is 0 Å². The summed E-state index contributed by atoms with van der Waals surface area (Å²) in [5.74, 6) is -2.08. The van der Waals surface area contributed by atoms with Gasteiger partial charge in [-0.3, -0.25) is 9.18 Å². The van der Waals surface area contributed by atoms with E-state index in [-0.39, 0.29) is 30.5 Å². The molecule has 1 fully saturated rings. The molecular formula is C15H17F3O2. The van der Waals surface area contributed by atoms with Gasteiger partial charge in [-0.05, 0) is 30.4 Å². The maximum atomic E-state index is 14.0. The minimum absolute atomic E-state index is 0.0180. The van der Waals surface area contributed by atoms with Crippen LogP contribution in [0, 0.1) is 11.6 Å². The molecule has 1 aliphatic rings. The Morgan fingerprint density at radius 2 is 1.85 bits per heavy atom. The highest BCUT2D eigenvalue weighted by Gasteiger charge is 2.25. The number of alkyl halides is 1. The molecule has 0 radical (unpaired) electrons. The quantitative estimate of drug-likeness (QED) is 0.767. The third kappa shape index (κ3) is 3.32. The highest BCUT2D eigenvalue weighted by Crippen LogP contribution is 2.35. The summed E-state index contributed by atoms with van der Waals surface area (Å²) in [6.45, 7) is -0.539. The summed E-state index contributed by atoms with van der Waals surface area (Å²) in [5.41, 5.74) is 0.299. The molecule has 5 heteroatoms. The average molecular weight is 286 g/mol. The van der Waals surface area contributed by atoms with Gasteiger partial charge in [0.2, 0.25) is 5.82 Å². The van der Waals surface area contributed by atoms with E-state index in [0.29, 0.717) is 31.2 Å². The monoisotopic (exact) mass is 286 g/mol. The number of halogens is 3. The van der Waals surface area contributed by atoms with Gasteiger partial charge >= 0.3 is 0 Å². The van der Waals surface area contributed by atoms with E-state index >= 15 is 0 Å². The van der Waals surface area contributed by atoms with Gasteiger partial charge in [-0.25, -0.2) is 4.39 Å². The van der Waals surface area contributed by atoms with Crippen molar-refractivity contribution in [3.05, 3.63) is 29.3 Å². The van der Waals surface area contributed by atoms with Crippen LogP contribution in [-0.4, -0.2) is 19.1 Å². The summed E-state index contributed by atoms with van der Waals surface area (Å²) in [5, 5.41) is 0. The van der Waals surface area contributed by atoms with Gasteiger partial charge in [0.15, 0.2) is 11.6 Å². The number of carbonyl (C=O) groups is 1. The first-order valence-electron chi connectivity index (χ1n) is 6.82. The average Bonchev–Trinajstić information content (AvgIpc) is 2.45. The molecule has 0 N–H and O–H groups in total. The first-order chi connectivity index (χ1) is 9.63. The van der Waals surface area contributed by atoms with E-state index in [0.717, 1.165) is 0 Å². The molecule has 0 aromatic heterocycles. The fourth-order valence-corrected chi connectivity index (χ4v) is 2.46. The molecule has 1 aliphatic carbocycles. The van der Waals surface area contributed by atoms with E-state index in [4.69, 9.17) is 4.74 Å². The Balaban J connectivity index is 2.11. The molecule has 20 heavy (non-hydrogen) atoms. The molecule has 1 aromatic carbocycles. The predicted molar refractivity (Wildman–Crippen MR) is 68.7 cm³/mol. The molecule has 0 unspecified atom stereocenters. The Kier molecular flexibility index (Phi) is 5.04.